The number of hydrogen-bond donors (Lipinski definition) is 2. The maximum absolute atomic E-state index is 11.7. The van der Waals surface area contributed by atoms with Crippen molar-refractivity contribution in [3.8, 4) is 0 Å². The van der Waals surface area contributed by atoms with E-state index in [-0.39, 0.29) is 17.3 Å². The lowest BCUT2D eigenvalue weighted by molar-refractivity contribution is -0.383. The molecule has 0 bridgehead atoms. The fourth-order valence-corrected chi connectivity index (χ4v) is 3.10. The van der Waals surface area contributed by atoms with E-state index in [4.69, 9.17) is 0 Å². The first-order valence-electron chi connectivity index (χ1n) is 8.52. The van der Waals surface area contributed by atoms with Crippen molar-refractivity contribution < 1.29 is 4.92 Å². The highest BCUT2D eigenvalue weighted by Crippen LogP contribution is 2.33. The summed E-state index contributed by atoms with van der Waals surface area (Å²) >= 11 is 0. The number of aryl methyl sites for hydroxylation is 4. The molecule has 7 nitrogen and oxygen atoms in total. The number of rotatable bonds is 5. The van der Waals surface area contributed by atoms with E-state index in [1.165, 1.54) is 6.33 Å². The van der Waals surface area contributed by atoms with Crippen molar-refractivity contribution in [1.29, 1.82) is 0 Å². The number of nitrogens with zero attached hydrogens (tertiary/aromatic N) is 3. The largest absolute Gasteiger partial charge is 0.353 e. The summed E-state index contributed by atoms with van der Waals surface area (Å²) in [7, 11) is 0. The zero-order valence-electron chi connectivity index (χ0n) is 15.7. The fourth-order valence-electron chi connectivity index (χ4n) is 3.10. The van der Waals surface area contributed by atoms with Gasteiger partial charge in [-0.2, -0.15) is 0 Å². The summed E-state index contributed by atoms with van der Waals surface area (Å²) in [5.41, 5.74) is 5.52. The highest BCUT2D eigenvalue weighted by atomic mass is 16.6. The van der Waals surface area contributed by atoms with Gasteiger partial charge in [0.25, 0.3) is 0 Å². The van der Waals surface area contributed by atoms with Crippen LogP contribution in [0.25, 0.3) is 0 Å². The van der Waals surface area contributed by atoms with Crippen LogP contribution >= 0.6 is 0 Å². The first-order chi connectivity index (χ1) is 12.8. The van der Waals surface area contributed by atoms with Gasteiger partial charge in [0.05, 0.1) is 4.92 Å². The molecule has 1 heterocycles. The molecule has 3 aromatic rings. The molecule has 0 fully saturated rings. The van der Waals surface area contributed by atoms with Crippen LogP contribution < -0.4 is 10.6 Å². The van der Waals surface area contributed by atoms with Crippen molar-refractivity contribution in [2.24, 2.45) is 0 Å². The Balaban J connectivity index is 2.00. The minimum absolute atomic E-state index is 0.145. The normalized spacial score (nSPS) is 10.5. The van der Waals surface area contributed by atoms with Crippen molar-refractivity contribution in [2.75, 3.05) is 10.6 Å². The summed E-state index contributed by atoms with van der Waals surface area (Å²) < 4.78 is 0. The van der Waals surface area contributed by atoms with Crippen molar-refractivity contribution in [2.45, 2.75) is 27.7 Å². The predicted molar refractivity (Wildman–Crippen MR) is 107 cm³/mol. The van der Waals surface area contributed by atoms with Crippen LogP contribution in [0.4, 0.5) is 28.7 Å². The number of benzene rings is 2. The lowest BCUT2D eigenvalue weighted by Gasteiger charge is -2.12. The van der Waals surface area contributed by atoms with Crippen LogP contribution in [0.5, 0.6) is 0 Å². The van der Waals surface area contributed by atoms with Gasteiger partial charge in [-0.15, -0.1) is 0 Å². The zero-order chi connectivity index (χ0) is 19.6. The van der Waals surface area contributed by atoms with Gasteiger partial charge in [-0.3, -0.25) is 10.1 Å². The van der Waals surface area contributed by atoms with Gasteiger partial charge in [-0.05, 0) is 74.2 Å². The molecule has 0 aliphatic carbocycles. The van der Waals surface area contributed by atoms with Gasteiger partial charge in [0.15, 0.2) is 0 Å². The minimum Gasteiger partial charge on any atom is -0.334 e. The van der Waals surface area contributed by atoms with Crippen LogP contribution in [0.1, 0.15) is 22.3 Å². The number of aromatic nitrogens is 2. The highest BCUT2D eigenvalue weighted by molar-refractivity contribution is 5.77. The highest BCUT2D eigenvalue weighted by Gasteiger charge is 2.23. The Labute approximate surface area is 157 Å². The third kappa shape index (κ3) is 4.38. The Morgan fingerprint density at radius 3 is 1.44 bits per heavy atom. The predicted octanol–water partition coefficient (Wildman–Crippen LogP) is 5.11. The van der Waals surface area contributed by atoms with Gasteiger partial charge in [-0.1, -0.05) is 12.1 Å². The SMILES string of the molecule is Cc1cc(C)cc(Nc2ncnc(Nc3cc(C)cc(C)c3)c2[N+](=O)[O-])c1. The van der Waals surface area contributed by atoms with Gasteiger partial charge in [0, 0.05) is 11.4 Å². The lowest BCUT2D eigenvalue weighted by Crippen LogP contribution is -2.06. The number of hydrogen-bond acceptors (Lipinski definition) is 6. The number of nitrogens with one attached hydrogen (secondary N) is 2. The molecule has 0 amide bonds. The standard InChI is InChI=1S/C20H21N5O2/c1-12-5-13(2)8-16(7-12)23-19-18(25(26)27)20(22-11-21-19)24-17-9-14(3)6-15(4)10-17/h5-11H,1-4H3,(H2,21,22,23,24). The van der Waals surface area contributed by atoms with E-state index in [0.29, 0.717) is 0 Å². The van der Waals surface area contributed by atoms with Gasteiger partial charge in [0.1, 0.15) is 6.33 Å². The second kappa shape index (κ2) is 7.41. The number of anilines is 4. The third-order valence-corrected chi connectivity index (χ3v) is 3.97. The van der Waals surface area contributed by atoms with E-state index in [0.717, 1.165) is 33.6 Å². The summed E-state index contributed by atoms with van der Waals surface area (Å²) in [5, 5.41) is 17.8. The number of nitro groups is 1. The summed E-state index contributed by atoms with van der Waals surface area (Å²) in [4.78, 5) is 19.4. The summed E-state index contributed by atoms with van der Waals surface area (Å²) in [6.07, 6.45) is 1.31. The Kier molecular flexibility index (Phi) is 5.03. The van der Waals surface area contributed by atoms with Crippen LogP contribution in [0, 0.1) is 37.8 Å². The van der Waals surface area contributed by atoms with Crippen LogP contribution in [-0.4, -0.2) is 14.9 Å². The summed E-state index contributed by atoms with van der Waals surface area (Å²) in [6.45, 7) is 7.89. The average molecular weight is 363 g/mol. The average Bonchev–Trinajstić information content (AvgIpc) is 2.52. The van der Waals surface area contributed by atoms with Crippen LogP contribution in [-0.2, 0) is 0 Å². The molecule has 138 valence electrons. The van der Waals surface area contributed by atoms with Crippen LogP contribution in [0.3, 0.4) is 0 Å². The van der Waals surface area contributed by atoms with Crippen molar-refractivity contribution in [1.82, 2.24) is 9.97 Å². The van der Waals surface area contributed by atoms with E-state index in [1.54, 1.807) is 0 Å². The molecule has 7 heteroatoms. The Bertz CT molecular complexity index is 905. The lowest BCUT2D eigenvalue weighted by atomic mass is 10.1. The molecule has 0 unspecified atom stereocenters. The molecule has 0 aliphatic rings. The molecule has 0 spiro atoms. The van der Waals surface area contributed by atoms with E-state index in [1.807, 2.05) is 64.1 Å². The summed E-state index contributed by atoms with van der Waals surface area (Å²) in [6, 6.07) is 11.7. The second-order valence-corrected chi connectivity index (χ2v) is 6.68. The Morgan fingerprint density at radius 1 is 0.741 bits per heavy atom. The molecule has 2 N–H and O–H groups in total. The summed E-state index contributed by atoms with van der Waals surface area (Å²) in [5.74, 6) is 0.291. The zero-order valence-corrected chi connectivity index (χ0v) is 15.7. The van der Waals surface area contributed by atoms with E-state index < -0.39 is 4.92 Å². The van der Waals surface area contributed by atoms with Crippen LogP contribution in [0.15, 0.2) is 42.7 Å². The molecule has 0 aliphatic heterocycles. The van der Waals surface area contributed by atoms with E-state index >= 15 is 0 Å². The Hall–Kier alpha value is -3.48. The van der Waals surface area contributed by atoms with Gasteiger partial charge in [-0.25, -0.2) is 9.97 Å². The van der Waals surface area contributed by atoms with E-state index in [2.05, 4.69) is 20.6 Å². The quantitative estimate of drug-likeness (QED) is 0.483. The minimum atomic E-state index is -0.476. The van der Waals surface area contributed by atoms with Gasteiger partial charge < -0.3 is 10.6 Å². The monoisotopic (exact) mass is 363 g/mol. The molecule has 2 aromatic carbocycles. The maximum Gasteiger partial charge on any atom is 0.353 e. The molecule has 0 saturated heterocycles. The smallest absolute Gasteiger partial charge is 0.334 e. The maximum atomic E-state index is 11.7. The molecule has 3 rings (SSSR count). The van der Waals surface area contributed by atoms with Crippen molar-refractivity contribution in [3.05, 3.63) is 75.1 Å². The molecule has 0 saturated carbocycles. The topological polar surface area (TPSA) is 93.0 Å². The van der Waals surface area contributed by atoms with Crippen molar-refractivity contribution in [3.63, 3.8) is 0 Å². The van der Waals surface area contributed by atoms with Crippen molar-refractivity contribution >= 4 is 28.7 Å². The fraction of sp³-hybridized carbons (Fsp3) is 0.200. The molecular formula is C20H21N5O2. The molecule has 0 atom stereocenters. The first kappa shape index (κ1) is 18.3. The molecule has 27 heavy (non-hydrogen) atoms. The Morgan fingerprint density at radius 2 is 1.11 bits per heavy atom. The van der Waals surface area contributed by atoms with Crippen LogP contribution in [0.2, 0.25) is 0 Å². The second-order valence-electron chi connectivity index (χ2n) is 6.68. The molecule has 1 aromatic heterocycles. The third-order valence-electron chi connectivity index (χ3n) is 3.97. The first-order valence-corrected chi connectivity index (χ1v) is 8.52. The molecular weight excluding hydrogens is 342 g/mol. The molecule has 0 radical (unpaired) electrons. The van der Waals surface area contributed by atoms with Gasteiger partial charge >= 0.3 is 5.69 Å². The van der Waals surface area contributed by atoms with E-state index in [9.17, 15) is 10.1 Å². The van der Waals surface area contributed by atoms with Gasteiger partial charge in [0.2, 0.25) is 11.6 Å².